The van der Waals surface area contributed by atoms with Crippen LogP contribution in [-0.4, -0.2) is 81.4 Å². The molecule has 11 nitrogen and oxygen atoms in total. The lowest BCUT2D eigenvalue weighted by atomic mass is 9.95. The Morgan fingerprint density at radius 1 is 1.22 bits per heavy atom. The van der Waals surface area contributed by atoms with Crippen molar-refractivity contribution in [3.63, 3.8) is 0 Å². The Morgan fingerprint density at radius 3 is 2.30 bits per heavy atom. The van der Waals surface area contributed by atoms with Gasteiger partial charge in [-0.1, -0.05) is 0 Å². The molecule has 1 aliphatic rings. The topological polar surface area (TPSA) is 191 Å². The van der Waals surface area contributed by atoms with Gasteiger partial charge >= 0.3 is 5.97 Å². The molecule has 1 rings (SSSR count). The summed E-state index contributed by atoms with van der Waals surface area (Å²) in [7, 11) is 0. The number of carbonyl (C=O) groups is 3. The molecule has 0 aromatic rings. The summed E-state index contributed by atoms with van der Waals surface area (Å²) in [4.78, 5) is 33.6. The third-order valence-electron chi connectivity index (χ3n) is 3.32. The lowest BCUT2D eigenvalue weighted by Crippen LogP contribution is -2.68. The summed E-state index contributed by atoms with van der Waals surface area (Å²) in [5, 5.41) is 42.2. The van der Waals surface area contributed by atoms with Gasteiger partial charge in [-0.05, 0) is 0 Å². The van der Waals surface area contributed by atoms with Crippen LogP contribution in [0.1, 0.15) is 13.3 Å². The van der Waals surface area contributed by atoms with Gasteiger partial charge < -0.3 is 41.5 Å². The van der Waals surface area contributed by atoms with E-state index in [0.29, 0.717) is 0 Å². The van der Waals surface area contributed by atoms with Crippen LogP contribution in [0.4, 0.5) is 0 Å². The average Bonchev–Trinajstić information content (AvgIpc) is 2.46. The van der Waals surface area contributed by atoms with Crippen molar-refractivity contribution in [3.8, 4) is 0 Å². The van der Waals surface area contributed by atoms with Gasteiger partial charge in [0.1, 0.15) is 30.4 Å². The number of rotatable bonds is 6. The Hall–Kier alpha value is -1.79. The summed E-state index contributed by atoms with van der Waals surface area (Å²) >= 11 is 0. The zero-order valence-electron chi connectivity index (χ0n) is 12.4. The predicted molar refractivity (Wildman–Crippen MR) is 73.7 cm³/mol. The molecule has 0 radical (unpaired) electrons. The van der Waals surface area contributed by atoms with Crippen molar-refractivity contribution in [1.82, 2.24) is 10.6 Å². The van der Waals surface area contributed by atoms with Crippen LogP contribution < -0.4 is 16.4 Å². The zero-order chi connectivity index (χ0) is 17.7. The number of carboxylic acid groups (broad SMARTS) is 1. The smallest absolute Gasteiger partial charge is 0.321 e. The molecule has 1 fully saturated rings. The maximum atomic E-state index is 11.8. The fourth-order valence-electron chi connectivity index (χ4n) is 2.14. The number of aliphatic hydroxyl groups excluding tert-OH is 3. The molecule has 0 saturated carbocycles. The Bertz CT molecular complexity index is 460. The molecule has 0 aromatic heterocycles. The zero-order valence-corrected chi connectivity index (χ0v) is 12.4. The molecule has 0 bridgehead atoms. The number of carboxylic acids is 1. The van der Waals surface area contributed by atoms with Crippen molar-refractivity contribution >= 4 is 17.8 Å². The van der Waals surface area contributed by atoms with Crippen molar-refractivity contribution in [2.45, 2.75) is 50.0 Å². The van der Waals surface area contributed by atoms with E-state index in [9.17, 15) is 24.6 Å². The lowest BCUT2D eigenvalue weighted by molar-refractivity contribution is -0.203. The van der Waals surface area contributed by atoms with Gasteiger partial charge in [0.05, 0.1) is 13.0 Å². The highest BCUT2D eigenvalue weighted by Gasteiger charge is 2.45. The van der Waals surface area contributed by atoms with Crippen molar-refractivity contribution in [2.24, 2.45) is 5.73 Å². The number of aliphatic hydroxyl groups is 3. The van der Waals surface area contributed by atoms with Crippen molar-refractivity contribution in [1.29, 1.82) is 0 Å². The van der Waals surface area contributed by atoms with E-state index in [4.69, 9.17) is 20.7 Å². The first kappa shape index (κ1) is 19.3. The van der Waals surface area contributed by atoms with Crippen molar-refractivity contribution < 1.29 is 39.5 Å². The molecule has 11 heteroatoms. The molecule has 1 heterocycles. The average molecular weight is 335 g/mol. The molecular formula is C12H21N3O8. The van der Waals surface area contributed by atoms with E-state index in [1.165, 1.54) is 0 Å². The van der Waals surface area contributed by atoms with Crippen LogP contribution in [0.15, 0.2) is 0 Å². The van der Waals surface area contributed by atoms with Gasteiger partial charge in [0.15, 0.2) is 6.23 Å². The molecule has 0 spiro atoms. The first-order chi connectivity index (χ1) is 10.7. The highest BCUT2D eigenvalue weighted by atomic mass is 16.5. The molecule has 23 heavy (non-hydrogen) atoms. The summed E-state index contributed by atoms with van der Waals surface area (Å²) in [5.41, 5.74) is 5.24. The van der Waals surface area contributed by atoms with Crippen LogP contribution in [0.5, 0.6) is 0 Å². The Morgan fingerprint density at radius 2 is 1.83 bits per heavy atom. The molecule has 8 N–H and O–H groups in total. The van der Waals surface area contributed by atoms with Crippen molar-refractivity contribution in [2.75, 3.05) is 6.61 Å². The quantitative estimate of drug-likeness (QED) is 0.252. The monoisotopic (exact) mass is 335 g/mol. The minimum atomic E-state index is -1.51. The number of carbonyl (C=O) groups excluding carboxylic acids is 2. The summed E-state index contributed by atoms with van der Waals surface area (Å²) < 4.78 is 5.25. The number of aliphatic carboxylic acids is 1. The molecule has 1 saturated heterocycles. The normalized spacial score (nSPS) is 32.0. The van der Waals surface area contributed by atoms with E-state index in [1.54, 1.807) is 0 Å². The lowest BCUT2D eigenvalue weighted by Gasteiger charge is -2.42. The number of nitrogens with one attached hydrogen (secondary N) is 2. The van der Waals surface area contributed by atoms with E-state index in [0.717, 1.165) is 6.92 Å². The van der Waals surface area contributed by atoms with Gasteiger partial charge in [0, 0.05) is 6.92 Å². The third-order valence-corrected chi connectivity index (χ3v) is 3.32. The maximum absolute atomic E-state index is 11.8. The number of hydrogen-bond acceptors (Lipinski definition) is 8. The van der Waals surface area contributed by atoms with Crippen LogP contribution in [-0.2, 0) is 19.1 Å². The molecule has 0 aliphatic carbocycles. The van der Waals surface area contributed by atoms with Gasteiger partial charge in [-0.15, -0.1) is 0 Å². The van der Waals surface area contributed by atoms with Crippen LogP contribution in [0, 0.1) is 0 Å². The van der Waals surface area contributed by atoms with Gasteiger partial charge in [-0.25, -0.2) is 0 Å². The number of nitrogens with two attached hydrogens (primary N) is 1. The summed E-state index contributed by atoms with van der Waals surface area (Å²) in [6, 6.07) is -2.61. The minimum absolute atomic E-state index is 0.547. The first-order valence-corrected chi connectivity index (χ1v) is 6.84. The van der Waals surface area contributed by atoms with Crippen LogP contribution in [0.2, 0.25) is 0 Å². The first-order valence-electron chi connectivity index (χ1n) is 6.84. The second-order valence-corrected chi connectivity index (χ2v) is 5.20. The SMILES string of the molecule is CC(=O)N[C@H]1C(NC(=O)CC(N)C(=O)O)OC(CO)[C@@H](O)C1O. The third kappa shape index (κ3) is 5.11. The number of ether oxygens (including phenoxy) is 1. The van der Waals surface area contributed by atoms with E-state index in [2.05, 4.69) is 10.6 Å². The molecular weight excluding hydrogens is 314 g/mol. The van der Waals surface area contributed by atoms with Gasteiger partial charge in [0.25, 0.3) is 0 Å². The molecule has 2 amide bonds. The van der Waals surface area contributed by atoms with E-state index in [1.807, 2.05) is 0 Å². The standard InChI is InChI=1S/C12H21N3O8/c1-4(17)14-8-10(20)9(19)6(3-16)23-11(8)15-7(18)2-5(13)12(21)22/h5-6,8-11,16,19-20H,2-3,13H2,1H3,(H,14,17)(H,15,18)(H,21,22)/t5?,6?,8-,9-,10?,11?/m1/s1. The number of amides is 2. The maximum Gasteiger partial charge on any atom is 0.321 e. The Kier molecular flexibility index (Phi) is 6.84. The number of hydrogen-bond donors (Lipinski definition) is 7. The highest BCUT2D eigenvalue weighted by Crippen LogP contribution is 2.20. The van der Waals surface area contributed by atoms with E-state index < -0.39 is 67.4 Å². The van der Waals surface area contributed by atoms with E-state index >= 15 is 0 Å². The molecule has 4 unspecified atom stereocenters. The fourth-order valence-corrected chi connectivity index (χ4v) is 2.14. The second-order valence-electron chi connectivity index (χ2n) is 5.20. The van der Waals surface area contributed by atoms with Crippen LogP contribution in [0.3, 0.4) is 0 Å². The van der Waals surface area contributed by atoms with E-state index in [-0.39, 0.29) is 0 Å². The minimum Gasteiger partial charge on any atom is -0.480 e. The largest absolute Gasteiger partial charge is 0.480 e. The molecule has 0 aromatic carbocycles. The fraction of sp³-hybridized carbons (Fsp3) is 0.750. The van der Waals surface area contributed by atoms with Gasteiger partial charge in [-0.2, -0.15) is 0 Å². The summed E-state index contributed by atoms with van der Waals surface area (Å²) in [6.07, 6.45) is -6.00. The van der Waals surface area contributed by atoms with Gasteiger partial charge in [-0.3, -0.25) is 14.4 Å². The summed E-state index contributed by atoms with van der Waals surface area (Å²) in [5.74, 6) is -2.71. The van der Waals surface area contributed by atoms with Crippen LogP contribution in [0.25, 0.3) is 0 Å². The van der Waals surface area contributed by atoms with Crippen molar-refractivity contribution in [3.05, 3.63) is 0 Å². The van der Waals surface area contributed by atoms with Gasteiger partial charge in [0.2, 0.25) is 11.8 Å². The highest BCUT2D eigenvalue weighted by molar-refractivity contribution is 5.84. The summed E-state index contributed by atoms with van der Waals surface area (Å²) in [6.45, 7) is 0.530. The predicted octanol–water partition coefficient (Wildman–Crippen LogP) is -4.15. The molecule has 132 valence electrons. The Labute approximate surface area is 131 Å². The Balaban J connectivity index is 2.82. The molecule has 1 aliphatic heterocycles. The molecule has 6 atom stereocenters. The van der Waals surface area contributed by atoms with Crippen LogP contribution >= 0.6 is 0 Å². The second kappa shape index (κ2) is 8.17.